The first-order valence-corrected chi connectivity index (χ1v) is 14.8. The van der Waals surface area contributed by atoms with Crippen LogP contribution in [0, 0.1) is 0 Å². The van der Waals surface area contributed by atoms with Gasteiger partial charge in [0, 0.05) is 0 Å². The van der Waals surface area contributed by atoms with Crippen molar-refractivity contribution in [3.05, 3.63) is 156 Å². The SMILES string of the molecule is C=CCO[C@H]1O[C@H](COCc2ccccc2)[C@@H](OCc2ccccc2)[C@H](OCc2ccccc2)[C@H]1OCc1ccccc1. The largest absolute Gasteiger partial charge is 0.374 e. The van der Waals surface area contributed by atoms with Crippen LogP contribution < -0.4 is 0 Å². The molecule has 0 aliphatic carbocycles. The zero-order valence-corrected chi connectivity index (χ0v) is 24.4. The summed E-state index contributed by atoms with van der Waals surface area (Å²) in [4.78, 5) is 0. The number of benzene rings is 4. The summed E-state index contributed by atoms with van der Waals surface area (Å²) >= 11 is 0. The predicted molar refractivity (Wildman–Crippen MR) is 166 cm³/mol. The highest BCUT2D eigenvalue weighted by atomic mass is 16.7. The van der Waals surface area contributed by atoms with Crippen LogP contribution in [0.3, 0.4) is 0 Å². The Kier molecular flexibility index (Phi) is 12.1. The molecule has 0 aromatic heterocycles. The van der Waals surface area contributed by atoms with Gasteiger partial charge in [0.25, 0.3) is 0 Å². The molecule has 0 saturated carbocycles. The van der Waals surface area contributed by atoms with E-state index in [9.17, 15) is 0 Å². The van der Waals surface area contributed by atoms with Crippen molar-refractivity contribution in [2.75, 3.05) is 13.2 Å². The molecule has 1 saturated heterocycles. The Hall–Kier alpha value is -3.62. The van der Waals surface area contributed by atoms with Crippen molar-refractivity contribution >= 4 is 0 Å². The number of hydrogen-bond donors (Lipinski definition) is 0. The fourth-order valence-electron chi connectivity index (χ4n) is 5.04. The second-order valence-electron chi connectivity index (χ2n) is 10.4. The molecule has 1 fully saturated rings. The van der Waals surface area contributed by atoms with E-state index in [1.54, 1.807) is 6.08 Å². The Balaban J connectivity index is 1.41. The molecule has 6 heteroatoms. The third kappa shape index (κ3) is 9.43. The summed E-state index contributed by atoms with van der Waals surface area (Å²) in [6.07, 6.45) is -1.07. The van der Waals surface area contributed by atoms with Gasteiger partial charge in [0.15, 0.2) is 6.29 Å². The number of hydrogen-bond acceptors (Lipinski definition) is 6. The maximum atomic E-state index is 6.68. The smallest absolute Gasteiger partial charge is 0.187 e. The van der Waals surface area contributed by atoms with Crippen molar-refractivity contribution < 1.29 is 28.4 Å². The Morgan fingerprint density at radius 3 is 1.40 bits per heavy atom. The molecule has 5 rings (SSSR count). The van der Waals surface area contributed by atoms with Crippen LogP contribution in [0.5, 0.6) is 0 Å². The molecule has 0 unspecified atom stereocenters. The third-order valence-electron chi connectivity index (χ3n) is 7.22. The standard InChI is InChI=1S/C37H40O6/c1-2-23-39-37-36(42-27-32-21-13-6-14-22-32)35(41-26-31-19-11-5-12-20-31)34(40-25-30-17-9-4-10-18-30)33(43-37)28-38-24-29-15-7-3-8-16-29/h2-22,33-37H,1,23-28H2/t33-,34-,35+,36-,37+/m1/s1. The molecule has 0 spiro atoms. The van der Waals surface area contributed by atoms with Crippen LogP contribution in [0.1, 0.15) is 22.3 Å². The van der Waals surface area contributed by atoms with Gasteiger partial charge in [0.2, 0.25) is 0 Å². The summed E-state index contributed by atoms with van der Waals surface area (Å²) in [7, 11) is 0. The van der Waals surface area contributed by atoms with E-state index in [0.29, 0.717) is 39.6 Å². The number of ether oxygens (including phenoxy) is 6. The fourth-order valence-corrected chi connectivity index (χ4v) is 5.04. The molecular weight excluding hydrogens is 540 g/mol. The third-order valence-corrected chi connectivity index (χ3v) is 7.22. The van der Waals surface area contributed by atoms with Crippen LogP contribution in [0.4, 0.5) is 0 Å². The minimum Gasteiger partial charge on any atom is -0.374 e. The molecule has 43 heavy (non-hydrogen) atoms. The summed E-state index contributed by atoms with van der Waals surface area (Å²) < 4.78 is 38.8. The first-order chi connectivity index (χ1) is 21.3. The molecule has 6 nitrogen and oxygen atoms in total. The van der Waals surface area contributed by atoms with Gasteiger partial charge in [-0.15, -0.1) is 6.58 Å². The van der Waals surface area contributed by atoms with E-state index in [4.69, 9.17) is 28.4 Å². The highest BCUT2D eigenvalue weighted by molar-refractivity contribution is 5.16. The highest BCUT2D eigenvalue weighted by Gasteiger charge is 2.49. The zero-order valence-electron chi connectivity index (χ0n) is 24.4. The van der Waals surface area contributed by atoms with Crippen molar-refractivity contribution in [1.82, 2.24) is 0 Å². The molecule has 1 aliphatic heterocycles. The minimum atomic E-state index is -0.718. The molecule has 0 bridgehead atoms. The summed E-state index contributed by atoms with van der Waals surface area (Å²) in [6, 6.07) is 40.3. The van der Waals surface area contributed by atoms with Crippen molar-refractivity contribution in [1.29, 1.82) is 0 Å². The molecular formula is C37H40O6. The van der Waals surface area contributed by atoms with E-state index in [1.807, 2.05) is 121 Å². The van der Waals surface area contributed by atoms with Crippen LogP contribution >= 0.6 is 0 Å². The average Bonchev–Trinajstić information content (AvgIpc) is 3.07. The lowest BCUT2D eigenvalue weighted by atomic mass is 9.97. The van der Waals surface area contributed by atoms with Gasteiger partial charge >= 0.3 is 0 Å². The van der Waals surface area contributed by atoms with E-state index in [1.165, 1.54) is 0 Å². The molecule has 0 amide bonds. The van der Waals surface area contributed by atoms with Crippen molar-refractivity contribution in [2.45, 2.75) is 57.1 Å². The quantitative estimate of drug-likeness (QED) is 0.135. The van der Waals surface area contributed by atoms with Crippen LogP contribution in [-0.2, 0) is 54.8 Å². The molecule has 0 N–H and O–H groups in total. The lowest BCUT2D eigenvalue weighted by Gasteiger charge is -2.45. The topological polar surface area (TPSA) is 55.4 Å². The first-order valence-electron chi connectivity index (χ1n) is 14.8. The lowest BCUT2D eigenvalue weighted by Crippen LogP contribution is -2.61. The summed E-state index contributed by atoms with van der Waals surface area (Å²) in [5.74, 6) is 0. The lowest BCUT2D eigenvalue weighted by molar-refractivity contribution is -0.326. The molecule has 0 radical (unpaired) electrons. The van der Waals surface area contributed by atoms with Gasteiger partial charge < -0.3 is 28.4 Å². The van der Waals surface area contributed by atoms with Crippen molar-refractivity contribution in [3.8, 4) is 0 Å². The van der Waals surface area contributed by atoms with Crippen LogP contribution in [0.15, 0.2) is 134 Å². The van der Waals surface area contributed by atoms with Crippen molar-refractivity contribution in [3.63, 3.8) is 0 Å². The van der Waals surface area contributed by atoms with Gasteiger partial charge in [-0.3, -0.25) is 0 Å². The Morgan fingerprint density at radius 1 is 0.512 bits per heavy atom. The van der Waals surface area contributed by atoms with E-state index >= 15 is 0 Å². The van der Waals surface area contributed by atoms with Gasteiger partial charge in [-0.2, -0.15) is 0 Å². The Bertz CT molecular complexity index is 1320. The van der Waals surface area contributed by atoms with E-state index in [2.05, 4.69) is 6.58 Å². The van der Waals surface area contributed by atoms with Crippen molar-refractivity contribution in [2.24, 2.45) is 0 Å². The van der Waals surface area contributed by atoms with Gasteiger partial charge in [0.05, 0.1) is 39.6 Å². The van der Waals surface area contributed by atoms with E-state index in [0.717, 1.165) is 22.3 Å². The Morgan fingerprint density at radius 2 is 0.930 bits per heavy atom. The molecule has 4 aromatic carbocycles. The Labute approximate surface area is 254 Å². The monoisotopic (exact) mass is 580 g/mol. The molecule has 4 aromatic rings. The van der Waals surface area contributed by atoms with Crippen LogP contribution in [-0.4, -0.2) is 43.9 Å². The first kappa shape index (κ1) is 30.8. The zero-order chi connectivity index (χ0) is 29.5. The molecule has 1 aliphatic rings. The fraction of sp³-hybridized carbons (Fsp3) is 0.297. The van der Waals surface area contributed by atoms with E-state index in [-0.39, 0.29) is 0 Å². The molecule has 224 valence electrons. The molecule has 1 heterocycles. The van der Waals surface area contributed by atoms with Crippen LogP contribution in [0.25, 0.3) is 0 Å². The van der Waals surface area contributed by atoms with Crippen LogP contribution in [0.2, 0.25) is 0 Å². The normalized spacial score (nSPS) is 21.8. The minimum absolute atomic E-state index is 0.291. The highest BCUT2D eigenvalue weighted by Crippen LogP contribution is 2.31. The molecule has 5 atom stereocenters. The average molecular weight is 581 g/mol. The van der Waals surface area contributed by atoms with Gasteiger partial charge in [-0.1, -0.05) is 127 Å². The van der Waals surface area contributed by atoms with Gasteiger partial charge in [0.1, 0.15) is 24.4 Å². The summed E-state index contributed by atoms with van der Waals surface area (Å²) in [6.45, 7) is 6.02. The van der Waals surface area contributed by atoms with Gasteiger partial charge in [-0.25, -0.2) is 0 Å². The maximum absolute atomic E-state index is 6.68. The second kappa shape index (κ2) is 16.9. The van der Waals surface area contributed by atoms with E-state index < -0.39 is 30.7 Å². The predicted octanol–water partition coefficient (Wildman–Crippen LogP) is 6.89. The summed E-state index contributed by atoms with van der Waals surface area (Å²) in [5.41, 5.74) is 4.24. The summed E-state index contributed by atoms with van der Waals surface area (Å²) in [5, 5.41) is 0. The number of rotatable bonds is 16. The van der Waals surface area contributed by atoms with Gasteiger partial charge in [-0.05, 0) is 22.3 Å². The second-order valence-corrected chi connectivity index (χ2v) is 10.4. The maximum Gasteiger partial charge on any atom is 0.187 e.